The van der Waals surface area contributed by atoms with E-state index in [1.165, 1.54) is 0 Å². The molecule has 0 saturated heterocycles. The fourth-order valence-corrected chi connectivity index (χ4v) is 2.18. The smallest absolute Gasteiger partial charge is 0.110 e. The van der Waals surface area contributed by atoms with Crippen LogP contribution in [0.1, 0.15) is 18.3 Å². The van der Waals surface area contributed by atoms with Crippen LogP contribution in [0.5, 0.6) is 0 Å². The topological polar surface area (TPSA) is 43.8 Å². The van der Waals surface area contributed by atoms with Gasteiger partial charge < -0.3 is 10.3 Å². The molecule has 17 heavy (non-hydrogen) atoms. The van der Waals surface area contributed by atoms with Gasteiger partial charge in [-0.15, -0.1) is 0 Å². The average Bonchev–Trinajstić information content (AvgIpc) is 2.67. The second kappa shape index (κ2) is 4.90. The monoisotopic (exact) mass is 249 g/mol. The van der Waals surface area contributed by atoms with Crippen molar-refractivity contribution in [3.63, 3.8) is 0 Å². The number of aromatic nitrogens is 2. The first-order chi connectivity index (χ1) is 8.09. The number of nitrogens with zero attached hydrogens (tertiary/aromatic N) is 2. The lowest BCUT2D eigenvalue weighted by Crippen LogP contribution is -2.19. The molecule has 90 valence electrons. The normalized spacial score (nSPS) is 12.7. The maximum absolute atomic E-state index is 6.25. The molecular formula is C13H16ClN3. The molecule has 0 bridgehead atoms. The summed E-state index contributed by atoms with van der Waals surface area (Å²) in [5.74, 6) is 0.943. The zero-order valence-electron chi connectivity index (χ0n) is 10.0. The number of halogens is 1. The molecule has 1 unspecified atom stereocenters. The second-order valence-corrected chi connectivity index (χ2v) is 4.67. The Bertz CT molecular complexity index is 517. The van der Waals surface area contributed by atoms with Gasteiger partial charge in [-0.1, -0.05) is 17.7 Å². The molecule has 0 spiro atoms. The fourth-order valence-electron chi connectivity index (χ4n) is 1.93. The predicted molar refractivity (Wildman–Crippen MR) is 70.7 cm³/mol. The highest BCUT2D eigenvalue weighted by atomic mass is 35.5. The van der Waals surface area contributed by atoms with Crippen molar-refractivity contribution < 1.29 is 0 Å². The number of benzene rings is 1. The van der Waals surface area contributed by atoms with Crippen molar-refractivity contribution in [3.05, 3.63) is 47.0 Å². The van der Waals surface area contributed by atoms with Crippen LogP contribution in [0.15, 0.2) is 30.6 Å². The van der Waals surface area contributed by atoms with Crippen LogP contribution in [0, 0.1) is 6.92 Å². The molecule has 0 aliphatic heterocycles. The lowest BCUT2D eigenvalue weighted by atomic mass is 10.1. The van der Waals surface area contributed by atoms with Crippen molar-refractivity contribution in [3.8, 4) is 5.69 Å². The summed E-state index contributed by atoms with van der Waals surface area (Å²) in [4.78, 5) is 4.23. The molecule has 0 saturated carbocycles. The quantitative estimate of drug-likeness (QED) is 0.909. The number of hydrogen-bond acceptors (Lipinski definition) is 2. The molecule has 1 atom stereocenters. The van der Waals surface area contributed by atoms with E-state index in [2.05, 4.69) is 4.98 Å². The first kappa shape index (κ1) is 12.1. The van der Waals surface area contributed by atoms with Gasteiger partial charge in [0.25, 0.3) is 0 Å². The van der Waals surface area contributed by atoms with Crippen molar-refractivity contribution in [1.29, 1.82) is 0 Å². The third-order valence-electron chi connectivity index (χ3n) is 2.71. The lowest BCUT2D eigenvalue weighted by molar-refractivity contribution is 0.732. The van der Waals surface area contributed by atoms with Gasteiger partial charge in [0.2, 0.25) is 0 Å². The van der Waals surface area contributed by atoms with Crippen LogP contribution in [-0.2, 0) is 6.42 Å². The van der Waals surface area contributed by atoms with E-state index in [9.17, 15) is 0 Å². The Morgan fingerprint density at radius 1 is 1.47 bits per heavy atom. The summed E-state index contributed by atoms with van der Waals surface area (Å²) < 4.78 is 2.03. The molecule has 0 fully saturated rings. The summed E-state index contributed by atoms with van der Waals surface area (Å²) >= 11 is 6.25. The molecule has 2 rings (SSSR count). The molecule has 0 aliphatic carbocycles. The third kappa shape index (κ3) is 2.51. The van der Waals surface area contributed by atoms with Crippen LogP contribution >= 0.6 is 11.6 Å². The number of hydrogen-bond donors (Lipinski definition) is 1. The molecule has 0 radical (unpaired) electrons. The van der Waals surface area contributed by atoms with Gasteiger partial charge in [-0.3, -0.25) is 0 Å². The van der Waals surface area contributed by atoms with Crippen LogP contribution < -0.4 is 5.73 Å². The summed E-state index contributed by atoms with van der Waals surface area (Å²) in [5.41, 5.74) is 8.00. The predicted octanol–water partition coefficient (Wildman–Crippen LogP) is 2.72. The molecule has 1 aromatic heterocycles. The Balaban J connectivity index is 2.54. The molecule has 3 nitrogen and oxygen atoms in total. The van der Waals surface area contributed by atoms with Crippen LogP contribution in [0.3, 0.4) is 0 Å². The Kier molecular flexibility index (Phi) is 3.50. The van der Waals surface area contributed by atoms with E-state index in [4.69, 9.17) is 17.3 Å². The molecule has 2 aromatic rings. The number of rotatable bonds is 3. The highest BCUT2D eigenvalue weighted by Crippen LogP contribution is 2.25. The van der Waals surface area contributed by atoms with E-state index in [1.807, 2.05) is 42.8 Å². The van der Waals surface area contributed by atoms with Crippen molar-refractivity contribution >= 4 is 11.6 Å². The van der Waals surface area contributed by atoms with E-state index in [0.29, 0.717) is 0 Å². The summed E-state index contributed by atoms with van der Waals surface area (Å²) in [6, 6.07) is 5.97. The summed E-state index contributed by atoms with van der Waals surface area (Å²) in [7, 11) is 0. The van der Waals surface area contributed by atoms with Crippen LogP contribution in [0.2, 0.25) is 5.02 Å². The molecule has 2 N–H and O–H groups in total. The minimum absolute atomic E-state index is 0.0810. The first-order valence-corrected chi connectivity index (χ1v) is 6.00. The van der Waals surface area contributed by atoms with E-state index in [-0.39, 0.29) is 6.04 Å². The van der Waals surface area contributed by atoms with E-state index < -0.39 is 0 Å². The standard InChI is InChI=1S/C13H16ClN3/c1-9(15)8-11-12(14)4-3-5-13(11)17-7-6-16-10(17)2/h3-7,9H,8,15H2,1-2H3. The zero-order valence-corrected chi connectivity index (χ0v) is 10.8. The minimum Gasteiger partial charge on any atom is -0.328 e. The van der Waals surface area contributed by atoms with Gasteiger partial charge in [-0.25, -0.2) is 4.98 Å². The van der Waals surface area contributed by atoms with Gasteiger partial charge >= 0.3 is 0 Å². The Morgan fingerprint density at radius 3 is 2.82 bits per heavy atom. The minimum atomic E-state index is 0.0810. The Labute approximate surface area is 106 Å². The lowest BCUT2D eigenvalue weighted by Gasteiger charge is -2.15. The van der Waals surface area contributed by atoms with Crippen molar-refractivity contribution in [2.45, 2.75) is 26.3 Å². The summed E-state index contributed by atoms with van der Waals surface area (Å²) in [6.07, 6.45) is 4.48. The molecule has 4 heteroatoms. The average molecular weight is 250 g/mol. The SMILES string of the molecule is Cc1nccn1-c1cccc(Cl)c1CC(C)N. The van der Waals surface area contributed by atoms with E-state index in [1.54, 1.807) is 6.20 Å². The largest absolute Gasteiger partial charge is 0.328 e. The Morgan fingerprint density at radius 2 is 2.24 bits per heavy atom. The number of imidazole rings is 1. The second-order valence-electron chi connectivity index (χ2n) is 4.26. The summed E-state index contributed by atoms with van der Waals surface area (Å²) in [5, 5.41) is 0.757. The molecule has 1 heterocycles. The van der Waals surface area contributed by atoms with Gasteiger partial charge in [0.1, 0.15) is 5.82 Å². The summed E-state index contributed by atoms with van der Waals surface area (Å²) in [6.45, 7) is 3.95. The number of aryl methyl sites for hydroxylation is 1. The first-order valence-electron chi connectivity index (χ1n) is 5.63. The van der Waals surface area contributed by atoms with Gasteiger partial charge in [0, 0.05) is 23.5 Å². The van der Waals surface area contributed by atoms with E-state index in [0.717, 1.165) is 28.5 Å². The molecule has 0 amide bonds. The fraction of sp³-hybridized carbons (Fsp3) is 0.308. The van der Waals surface area contributed by atoms with E-state index >= 15 is 0 Å². The van der Waals surface area contributed by atoms with Gasteiger partial charge in [0.05, 0.1) is 5.69 Å². The van der Waals surface area contributed by atoms with Crippen molar-refractivity contribution in [1.82, 2.24) is 9.55 Å². The molecular weight excluding hydrogens is 234 g/mol. The maximum Gasteiger partial charge on any atom is 0.110 e. The zero-order chi connectivity index (χ0) is 12.4. The molecule has 1 aromatic carbocycles. The highest BCUT2D eigenvalue weighted by molar-refractivity contribution is 6.31. The third-order valence-corrected chi connectivity index (χ3v) is 3.06. The maximum atomic E-state index is 6.25. The van der Waals surface area contributed by atoms with Crippen LogP contribution in [0.25, 0.3) is 5.69 Å². The van der Waals surface area contributed by atoms with Gasteiger partial charge in [-0.2, -0.15) is 0 Å². The number of nitrogens with two attached hydrogens (primary N) is 1. The van der Waals surface area contributed by atoms with Crippen LogP contribution in [-0.4, -0.2) is 15.6 Å². The van der Waals surface area contributed by atoms with Gasteiger partial charge in [-0.05, 0) is 38.0 Å². The van der Waals surface area contributed by atoms with Crippen LogP contribution in [0.4, 0.5) is 0 Å². The highest BCUT2D eigenvalue weighted by Gasteiger charge is 2.11. The van der Waals surface area contributed by atoms with Crippen molar-refractivity contribution in [2.75, 3.05) is 0 Å². The molecule has 0 aliphatic rings. The van der Waals surface area contributed by atoms with Crippen molar-refractivity contribution in [2.24, 2.45) is 5.73 Å². The van der Waals surface area contributed by atoms with Gasteiger partial charge in [0.15, 0.2) is 0 Å². The Hall–Kier alpha value is -1.32.